The smallest absolute Gasteiger partial charge is 0.250 e. The zero-order chi connectivity index (χ0) is 14.0. The fourth-order valence-corrected chi connectivity index (χ4v) is 3.14. The molecule has 0 aromatic carbocycles. The first kappa shape index (κ1) is 14.1. The molecule has 3 nitrogen and oxygen atoms in total. The van der Waals surface area contributed by atoms with E-state index in [1.54, 1.807) is 10.6 Å². The maximum Gasteiger partial charge on any atom is 0.250 e. The molecule has 1 saturated heterocycles. The van der Waals surface area contributed by atoms with Crippen LogP contribution in [0.2, 0.25) is 0 Å². The molecule has 104 valence electrons. The maximum atomic E-state index is 11.4. The molecule has 2 atom stereocenters. The number of likely N-dealkylation sites (N-methyl/N-ethyl adjacent to an activating group) is 1. The predicted octanol–water partition coefficient (Wildman–Crippen LogP) is 2.52. The van der Waals surface area contributed by atoms with Crippen molar-refractivity contribution in [2.75, 3.05) is 13.1 Å². The number of rotatable bonds is 2. The Balaban J connectivity index is 0.000000637. The Hall–Kier alpha value is -1.35. The van der Waals surface area contributed by atoms with Crippen LogP contribution in [-0.4, -0.2) is 28.6 Å². The van der Waals surface area contributed by atoms with Crippen LogP contribution in [0.3, 0.4) is 0 Å². The monoisotopic (exact) mass is 260 g/mol. The summed E-state index contributed by atoms with van der Waals surface area (Å²) < 4.78 is 1.67. The van der Waals surface area contributed by atoms with Gasteiger partial charge in [0, 0.05) is 31.9 Å². The summed E-state index contributed by atoms with van der Waals surface area (Å²) in [4.78, 5) is 13.9. The molecule has 0 amide bonds. The van der Waals surface area contributed by atoms with E-state index in [0.29, 0.717) is 12.0 Å². The van der Waals surface area contributed by atoms with Gasteiger partial charge in [-0.25, -0.2) is 0 Å². The molecule has 1 aromatic rings. The first-order chi connectivity index (χ1) is 9.19. The normalized spacial score (nSPS) is 24.9. The van der Waals surface area contributed by atoms with E-state index in [2.05, 4.69) is 17.9 Å². The summed E-state index contributed by atoms with van der Waals surface area (Å²) in [6.07, 6.45) is 5.61. The zero-order valence-corrected chi connectivity index (χ0v) is 12.4. The van der Waals surface area contributed by atoms with Gasteiger partial charge < -0.3 is 4.57 Å². The van der Waals surface area contributed by atoms with Gasteiger partial charge in [-0.2, -0.15) is 0 Å². The highest BCUT2D eigenvalue weighted by Gasteiger charge is 2.38. The number of hydrogen-bond acceptors (Lipinski definition) is 2. The van der Waals surface area contributed by atoms with Crippen LogP contribution in [0.25, 0.3) is 5.57 Å². The highest BCUT2D eigenvalue weighted by atomic mass is 16.1. The Labute approximate surface area is 115 Å². The van der Waals surface area contributed by atoms with E-state index in [4.69, 9.17) is 0 Å². The molecule has 3 rings (SSSR count). The first-order valence-corrected chi connectivity index (χ1v) is 7.32. The zero-order valence-electron chi connectivity index (χ0n) is 12.4. The highest BCUT2D eigenvalue weighted by molar-refractivity contribution is 5.71. The molecule has 0 N–H and O–H groups in total. The molecule has 0 radical (unpaired) electrons. The highest BCUT2D eigenvalue weighted by Crippen LogP contribution is 2.41. The lowest BCUT2D eigenvalue weighted by atomic mass is 9.96. The van der Waals surface area contributed by atoms with Crippen molar-refractivity contribution in [3.63, 3.8) is 0 Å². The number of pyridine rings is 1. The van der Waals surface area contributed by atoms with Crippen LogP contribution in [0.5, 0.6) is 0 Å². The third-order valence-electron chi connectivity index (χ3n) is 4.09. The number of likely N-dealkylation sites (tertiary alicyclic amines) is 1. The summed E-state index contributed by atoms with van der Waals surface area (Å²) in [6, 6.07) is 4.25. The van der Waals surface area contributed by atoms with Gasteiger partial charge in [-0.05, 0) is 36.1 Å². The first-order valence-electron chi connectivity index (χ1n) is 7.32. The van der Waals surface area contributed by atoms with Gasteiger partial charge in [-0.1, -0.05) is 26.8 Å². The third-order valence-corrected chi connectivity index (χ3v) is 4.09. The lowest BCUT2D eigenvalue weighted by Crippen LogP contribution is -2.30. The molecule has 2 unspecified atom stereocenters. The number of hydrogen-bond donors (Lipinski definition) is 0. The van der Waals surface area contributed by atoms with E-state index in [1.165, 1.54) is 24.1 Å². The molecule has 0 spiro atoms. The van der Waals surface area contributed by atoms with Crippen molar-refractivity contribution in [3.05, 3.63) is 40.3 Å². The minimum atomic E-state index is 0.0627. The van der Waals surface area contributed by atoms with E-state index in [1.807, 2.05) is 33.2 Å². The molecular weight excluding hydrogens is 236 g/mol. The van der Waals surface area contributed by atoms with Gasteiger partial charge >= 0.3 is 0 Å². The van der Waals surface area contributed by atoms with Crippen LogP contribution < -0.4 is 5.56 Å². The average molecular weight is 260 g/mol. The van der Waals surface area contributed by atoms with Crippen molar-refractivity contribution < 1.29 is 0 Å². The van der Waals surface area contributed by atoms with Gasteiger partial charge in [0.05, 0.1) is 0 Å². The number of aromatic nitrogens is 1. The van der Waals surface area contributed by atoms with Crippen LogP contribution in [0.4, 0.5) is 0 Å². The fourth-order valence-electron chi connectivity index (χ4n) is 3.14. The van der Waals surface area contributed by atoms with E-state index in [-0.39, 0.29) is 5.56 Å². The molecule has 2 heterocycles. The van der Waals surface area contributed by atoms with Crippen LogP contribution in [0.15, 0.2) is 29.2 Å². The molecular formula is C16H24N2O. The van der Waals surface area contributed by atoms with Crippen LogP contribution in [-0.2, 0) is 7.05 Å². The van der Waals surface area contributed by atoms with Gasteiger partial charge in [0.15, 0.2) is 0 Å². The van der Waals surface area contributed by atoms with Crippen molar-refractivity contribution in [1.82, 2.24) is 9.47 Å². The number of aryl methyl sites for hydroxylation is 1. The van der Waals surface area contributed by atoms with Gasteiger partial charge in [-0.3, -0.25) is 9.69 Å². The van der Waals surface area contributed by atoms with E-state index in [9.17, 15) is 4.79 Å². The van der Waals surface area contributed by atoms with E-state index in [0.717, 1.165) is 6.54 Å². The Morgan fingerprint density at radius 3 is 2.58 bits per heavy atom. The number of nitrogens with zero attached hydrogens (tertiary/aromatic N) is 2. The Morgan fingerprint density at radius 2 is 2.05 bits per heavy atom. The summed E-state index contributed by atoms with van der Waals surface area (Å²) in [5.74, 6) is 0.664. The SMILES string of the molecule is CC.CCN1CC2CC1C=C2c1ccc(=O)n(C)c1. The minimum Gasteiger partial charge on any atom is -0.318 e. The summed E-state index contributed by atoms with van der Waals surface area (Å²) in [5, 5.41) is 0. The second-order valence-corrected chi connectivity index (χ2v) is 5.08. The number of fused-ring (bicyclic) bond motifs is 2. The second kappa shape index (κ2) is 5.74. The third kappa shape index (κ3) is 2.52. The summed E-state index contributed by atoms with van der Waals surface area (Å²) in [6.45, 7) is 8.54. The molecule has 19 heavy (non-hydrogen) atoms. The Morgan fingerprint density at radius 1 is 1.32 bits per heavy atom. The van der Waals surface area contributed by atoms with Crippen molar-refractivity contribution in [1.29, 1.82) is 0 Å². The van der Waals surface area contributed by atoms with E-state index >= 15 is 0 Å². The minimum absolute atomic E-state index is 0.0627. The van der Waals surface area contributed by atoms with Crippen molar-refractivity contribution in [3.8, 4) is 0 Å². The molecule has 3 heteroatoms. The lowest BCUT2D eigenvalue weighted by molar-refractivity contribution is 0.297. The topological polar surface area (TPSA) is 25.2 Å². The summed E-state index contributed by atoms with van der Waals surface area (Å²) in [7, 11) is 1.82. The molecule has 1 aliphatic carbocycles. The predicted molar refractivity (Wildman–Crippen MR) is 80.2 cm³/mol. The quantitative estimate of drug-likeness (QED) is 0.816. The summed E-state index contributed by atoms with van der Waals surface area (Å²) in [5.41, 5.74) is 2.72. The Bertz CT molecular complexity index is 530. The Kier molecular flexibility index (Phi) is 4.25. The van der Waals surface area contributed by atoms with E-state index < -0.39 is 0 Å². The van der Waals surface area contributed by atoms with Crippen LogP contribution in [0, 0.1) is 5.92 Å². The van der Waals surface area contributed by atoms with Gasteiger partial charge in [0.2, 0.25) is 5.56 Å². The van der Waals surface area contributed by atoms with Crippen molar-refractivity contribution in [2.45, 2.75) is 33.2 Å². The molecule has 1 aliphatic heterocycles. The maximum absolute atomic E-state index is 11.4. The average Bonchev–Trinajstić information content (AvgIpc) is 3.03. The molecule has 0 saturated carbocycles. The van der Waals surface area contributed by atoms with Gasteiger partial charge in [0.1, 0.15) is 0 Å². The fraction of sp³-hybridized carbons (Fsp3) is 0.562. The molecule has 2 bridgehead atoms. The van der Waals surface area contributed by atoms with Crippen LogP contribution in [0.1, 0.15) is 32.8 Å². The largest absolute Gasteiger partial charge is 0.318 e. The van der Waals surface area contributed by atoms with Crippen molar-refractivity contribution >= 4 is 5.57 Å². The molecule has 1 fully saturated rings. The molecule has 2 aliphatic rings. The van der Waals surface area contributed by atoms with Gasteiger partial charge in [0.25, 0.3) is 0 Å². The van der Waals surface area contributed by atoms with Gasteiger partial charge in [-0.15, -0.1) is 0 Å². The second-order valence-electron chi connectivity index (χ2n) is 5.08. The lowest BCUT2D eigenvalue weighted by Gasteiger charge is -2.24. The van der Waals surface area contributed by atoms with Crippen LogP contribution >= 0.6 is 0 Å². The summed E-state index contributed by atoms with van der Waals surface area (Å²) >= 11 is 0. The standard InChI is InChI=1S/C14H18N2O.C2H6/c1-3-16-9-11-6-12(16)7-13(11)10-4-5-14(17)15(2)8-10;1-2/h4-5,7-8,11-12H,3,6,9H2,1-2H3;1-2H3. The molecule has 1 aromatic heterocycles. The van der Waals surface area contributed by atoms with Crippen molar-refractivity contribution in [2.24, 2.45) is 13.0 Å².